The summed E-state index contributed by atoms with van der Waals surface area (Å²) in [5.74, 6) is -0.547. The zero-order valence-corrected chi connectivity index (χ0v) is 18.5. The number of ether oxygens (including phenoxy) is 2. The molecular formula is C21H29N5O6. The number of amides is 5. The molecule has 0 aromatic heterocycles. The number of methoxy groups -OCH3 is 1. The molecule has 0 spiro atoms. The third kappa shape index (κ3) is 5.10. The number of hydrogen-bond donors (Lipinski definition) is 3. The molecule has 0 saturated carbocycles. The Morgan fingerprint density at radius 3 is 2.81 bits per heavy atom. The van der Waals surface area contributed by atoms with Gasteiger partial charge in [-0.15, -0.1) is 0 Å². The lowest BCUT2D eigenvalue weighted by molar-refractivity contribution is -0.139. The highest BCUT2D eigenvalue weighted by Gasteiger charge is 2.50. The molecule has 2 aliphatic heterocycles. The van der Waals surface area contributed by atoms with Crippen LogP contribution in [0.2, 0.25) is 0 Å². The van der Waals surface area contributed by atoms with Crippen molar-refractivity contribution in [2.75, 3.05) is 33.4 Å². The molecule has 0 radical (unpaired) electrons. The number of carbonyl (C=O) groups excluding carboxylic acids is 4. The number of hydrazine groups is 1. The number of rotatable bonds is 7. The maximum atomic E-state index is 13.0. The molecule has 0 bridgehead atoms. The second-order valence-corrected chi connectivity index (χ2v) is 7.90. The summed E-state index contributed by atoms with van der Waals surface area (Å²) in [7, 11) is 1.51. The Morgan fingerprint density at radius 1 is 1.31 bits per heavy atom. The van der Waals surface area contributed by atoms with Gasteiger partial charge < -0.3 is 20.1 Å². The van der Waals surface area contributed by atoms with E-state index in [0.29, 0.717) is 29.4 Å². The Labute approximate surface area is 186 Å². The summed E-state index contributed by atoms with van der Waals surface area (Å²) < 4.78 is 10.1. The van der Waals surface area contributed by atoms with E-state index in [1.165, 1.54) is 7.11 Å². The predicted molar refractivity (Wildman–Crippen MR) is 113 cm³/mol. The van der Waals surface area contributed by atoms with Crippen LogP contribution in [0.15, 0.2) is 24.3 Å². The van der Waals surface area contributed by atoms with Crippen LogP contribution in [0, 0.1) is 0 Å². The fourth-order valence-corrected chi connectivity index (χ4v) is 3.89. The largest absolute Gasteiger partial charge is 0.497 e. The van der Waals surface area contributed by atoms with Gasteiger partial charge in [0.2, 0.25) is 0 Å². The third-order valence-corrected chi connectivity index (χ3v) is 5.54. The van der Waals surface area contributed by atoms with Crippen LogP contribution in [0.25, 0.3) is 0 Å². The van der Waals surface area contributed by atoms with Gasteiger partial charge >= 0.3 is 12.1 Å². The average Bonchev–Trinajstić information content (AvgIpc) is 2.98. The highest BCUT2D eigenvalue weighted by molar-refractivity contribution is 6.08. The van der Waals surface area contributed by atoms with Crippen molar-refractivity contribution in [2.45, 2.75) is 38.3 Å². The van der Waals surface area contributed by atoms with E-state index in [1.807, 2.05) is 4.90 Å². The van der Waals surface area contributed by atoms with Crippen molar-refractivity contribution in [3.63, 3.8) is 0 Å². The molecule has 0 aliphatic carbocycles. The number of benzene rings is 1. The third-order valence-electron chi connectivity index (χ3n) is 5.54. The van der Waals surface area contributed by atoms with Crippen LogP contribution in [-0.4, -0.2) is 73.2 Å². The quantitative estimate of drug-likeness (QED) is 0.525. The van der Waals surface area contributed by atoms with Gasteiger partial charge in [0.1, 0.15) is 11.3 Å². The topological polar surface area (TPSA) is 129 Å². The number of nitrogens with one attached hydrogen (secondary N) is 3. The average molecular weight is 447 g/mol. The molecule has 5 amide bonds. The maximum absolute atomic E-state index is 13.0. The second kappa shape index (κ2) is 9.86. The number of carbonyl (C=O) groups is 4. The van der Waals surface area contributed by atoms with Crippen LogP contribution in [0.5, 0.6) is 5.75 Å². The van der Waals surface area contributed by atoms with E-state index in [2.05, 4.69) is 16.1 Å². The number of hydrogen-bond acceptors (Lipinski definition) is 7. The monoisotopic (exact) mass is 447 g/mol. The van der Waals surface area contributed by atoms with Crippen LogP contribution >= 0.6 is 0 Å². The molecule has 3 rings (SSSR count). The molecule has 32 heavy (non-hydrogen) atoms. The smallest absolute Gasteiger partial charge is 0.407 e. The molecule has 3 N–H and O–H groups in total. The summed E-state index contributed by atoms with van der Waals surface area (Å²) in [6.07, 6.45) is 1.09. The first kappa shape index (κ1) is 23.3. The SMILES string of the molecule is CCOC(=O)NC1CCCN(CC(=O)NN2C(=O)NC(C)(c3cccc(OC)c3)C2=O)C1. The van der Waals surface area contributed by atoms with E-state index in [0.717, 1.165) is 12.8 Å². The molecule has 1 aromatic rings. The zero-order valence-electron chi connectivity index (χ0n) is 18.5. The minimum atomic E-state index is -1.33. The summed E-state index contributed by atoms with van der Waals surface area (Å²) in [5.41, 5.74) is 1.61. The number of alkyl carbamates (subject to hydrolysis) is 1. The molecule has 2 atom stereocenters. The van der Waals surface area contributed by atoms with Crippen molar-refractivity contribution in [2.24, 2.45) is 0 Å². The first-order valence-corrected chi connectivity index (χ1v) is 10.5. The zero-order chi connectivity index (χ0) is 23.3. The van der Waals surface area contributed by atoms with Crippen molar-refractivity contribution >= 4 is 23.9 Å². The van der Waals surface area contributed by atoms with Crippen LogP contribution in [0.3, 0.4) is 0 Å². The summed E-state index contributed by atoms with van der Waals surface area (Å²) in [5, 5.41) is 6.12. The van der Waals surface area contributed by atoms with E-state index in [1.54, 1.807) is 38.1 Å². The van der Waals surface area contributed by atoms with E-state index in [4.69, 9.17) is 9.47 Å². The van der Waals surface area contributed by atoms with Crippen molar-refractivity contribution in [1.82, 2.24) is 26.0 Å². The molecular weight excluding hydrogens is 418 g/mol. The molecule has 174 valence electrons. The Hall–Kier alpha value is -3.34. The normalized spacial score (nSPS) is 23.5. The molecule has 1 aromatic carbocycles. The predicted octanol–water partition coefficient (Wildman–Crippen LogP) is 0.704. The Morgan fingerprint density at radius 2 is 2.09 bits per heavy atom. The first-order valence-electron chi connectivity index (χ1n) is 10.5. The number of piperidine rings is 1. The minimum absolute atomic E-state index is 0.0199. The Balaban J connectivity index is 1.59. The number of likely N-dealkylation sites (tertiary alicyclic amines) is 1. The first-order chi connectivity index (χ1) is 15.3. The van der Waals surface area contributed by atoms with Gasteiger partial charge in [0, 0.05) is 12.6 Å². The van der Waals surface area contributed by atoms with E-state index >= 15 is 0 Å². The van der Waals surface area contributed by atoms with Gasteiger partial charge in [-0.2, -0.15) is 5.01 Å². The van der Waals surface area contributed by atoms with Crippen LogP contribution in [0.4, 0.5) is 9.59 Å². The number of nitrogens with zero attached hydrogens (tertiary/aromatic N) is 2. The summed E-state index contributed by atoms with van der Waals surface area (Å²) >= 11 is 0. The Bertz CT molecular complexity index is 893. The molecule has 11 nitrogen and oxygen atoms in total. The lowest BCUT2D eigenvalue weighted by Gasteiger charge is -2.32. The summed E-state index contributed by atoms with van der Waals surface area (Å²) in [4.78, 5) is 51.5. The molecule has 11 heteroatoms. The van der Waals surface area contributed by atoms with Gasteiger partial charge in [-0.05, 0) is 50.9 Å². The van der Waals surface area contributed by atoms with Crippen LogP contribution < -0.4 is 20.8 Å². The molecule has 2 heterocycles. The van der Waals surface area contributed by atoms with Crippen molar-refractivity contribution in [3.05, 3.63) is 29.8 Å². The second-order valence-electron chi connectivity index (χ2n) is 7.90. The summed E-state index contributed by atoms with van der Waals surface area (Å²) in [6, 6.07) is 5.97. The van der Waals surface area contributed by atoms with E-state index in [9.17, 15) is 19.2 Å². The van der Waals surface area contributed by atoms with E-state index < -0.39 is 29.5 Å². The van der Waals surface area contributed by atoms with Gasteiger partial charge in [0.15, 0.2) is 0 Å². The fraction of sp³-hybridized carbons (Fsp3) is 0.524. The van der Waals surface area contributed by atoms with Crippen molar-refractivity contribution in [1.29, 1.82) is 0 Å². The molecule has 2 fully saturated rings. The highest BCUT2D eigenvalue weighted by Crippen LogP contribution is 2.30. The molecule has 2 unspecified atom stereocenters. The van der Waals surface area contributed by atoms with Crippen LogP contribution in [-0.2, 0) is 19.9 Å². The Kier molecular flexibility index (Phi) is 7.18. The fourth-order valence-electron chi connectivity index (χ4n) is 3.89. The van der Waals surface area contributed by atoms with Gasteiger partial charge in [-0.1, -0.05) is 12.1 Å². The lowest BCUT2D eigenvalue weighted by Crippen LogP contribution is -2.53. The lowest BCUT2D eigenvalue weighted by atomic mass is 9.92. The molecule has 2 aliphatic rings. The van der Waals surface area contributed by atoms with Crippen LogP contribution in [0.1, 0.15) is 32.3 Å². The van der Waals surface area contributed by atoms with Gasteiger partial charge in [-0.25, -0.2) is 9.59 Å². The van der Waals surface area contributed by atoms with Crippen molar-refractivity contribution in [3.8, 4) is 5.75 Å². The maximum Gasteiger partial charge on any atom is 0.407 e. The summed E-state index contributed by atoms with van der Waals surface area (Å²) in [6.45, 7) is 4.69. The number of imide groups is 1. The van der Waals surface area contributed by atoms with Crippen molar-refractivity contribution < 1.29 is 28.7 Å². The minimum Gasteiger partial charge on any atom is -0.497 e. The molecule has 2 saturated heterocycles. The number of urea groups is 1. The highest BCUT2D eigenvalue weighted by atomic mass is 16.5. The van der Waals surface area contributed by atoms with Gasteiger partial charge in [0.25, 0.3) is 11.8 Å². The van der Waals surface area contributed by atoms with E-state index in [-0.39, 0.29) is 19.2 Å². The van der Waals surface area contributed by atoms with Gasteiger partial charge in [0.05, 0.1) is 20.3 Å². The van der Waals surface area contributed by atoms with Gasteiger partial charge in [-0.3, -0.25) is 19.9 Å². The standard InChI is InChI=1S/C21H29N5O6/c1-4-32-20(30)22-15-8-6-10-25(12-15)13-17(27)24-26-18(28)21(2,23-19(26)29)14-7-5-9-16(11-14)31-3/h5,7,9,11,15H,4,6,8,10,12-13H2,1-3H3,(H,22,30)(H,23,29)(H,24,27).